The molecule has 1 saturated heterocycles. The Morgan fingerprint density at radius 2 is 1.88 bits per heavy atom. The maximum atomic E-state index is 11.9. The van der Waals surface area contributed by atoms with Gasteiger partial charge in [0.25, 0.3) is 0 Å². The summed E-state index contributed by atoms with van der Waals surface area (Å²) in [6, 6.07) is 6.09. The van der Waals surface area contributed by atoms with Crippen LogP contribution in [-0.2, 0) is 23.0 Å². The molecule has 2 aromatic rings. The van der Waals surface area contributed by atoms with E-state index in [1.165, 1.54) is 36.6 Å². The molecule has 1 fully saturated rings. The molecule has 1 unspecified atom stereocenters. The van der Waals surface area contributed by atoms with Crippen molar-refractivity contribution in [1.29, 1.82) is 0 Å². The molecule has 3 heterocycles. The van der Waals surface area contributed by atoms with Crippen LogP contribution in [0.5, 0.6) is 5.75 Å². The zero-order valence-corrected chi connectivity index (χ0v) is 20.9. The number of hydrogen-bond acceptors (Lipinski definition) is 6. The summed E-state index contributed by atoms with van der Waals surface area (Å²) in [7, 11) is -3.17. The Labute approximate surface area is 198 Å². The zero-order valence-electron chi connectivity index (χ0n) is 20.0. The van der Waals surface area contributed by atoms with Gasteiger partial charge in [0, 0.05) is 38.6 Å². The number of anilines is 1. The molecule has 1 atom stereocenters. The fraction of sp³-hybridized carbons (Fsp3) is 0.600. The lowest BCUT2D eigenvalue weighted by Crippen LogP contribution is -2.36. The van der Waals surface area contributed by atoms with E-state index < -0.39 is 10.0 Å². The summed E-state index contributed by atoms with van der Waals surface area (Å²) in [5.74, 6) is 2.64. The van der Waals surface area contributed by atoms with Crippen LogP contribution in [0.3, 0.4) is 0 Å². The molecule has 7 nitrogen and oxygen atoms in total. The molecule has 0 N–H and O–H groups in total. The minimum atomic E-state index is -3.17. The first-order chi connectivity index (χ1) is 15.8. The molecule has 33 heavy (non-hydrogen) atoms. The number of ether oxygens (including phenoxy) is 1. The topological polar surface area (TPSA) is 75.6 Å². The van der Waals surface area contributed by atoms with Gasteiger partial charge in [-0.05, 0) is 72.8 Å². The molecule has 4 rings (SSSR count). The van der Waals surface area contributed by atoms with Crippen molar-refractivity contribution in [3.05, 3.63) is 47.3 Å². The second-order valence-electron chi connectivity index (χ2n) is 9.48. The van der Waals surface area contributed by atoms with Crippen LogP contribution >= 0.6 is 0 Å². The first-order valence-corrected chi connectivity index (χ1v) is 13.9. The van der Waals surface area contributed by atoms with Gasteiger partial charge in [-0.15, -0.1) is 0 Å². The largest absolute Gasteiger partial charge is 0.494 e. The van der Waals surface area contributed by atoms with Crippen LogP contribution in [0.1, 0.15) is 62.1 Å². The fourth-order valence-corrected chi connectivity index (χ4v) is 5.72. The van der Waals surface area contributed by atoms with E-state index in [9.17, 15) is 8.42 Å². The van der Waals surface area contributed by atoms with Crippen LogP contribution in [-0.4, -0.2) is 55.2 Å². The lowest BCUT2D eigenvalue weighted by Gasteiger charge is -2.32. The highest BCUT2D eigenvalue weighted by Crippen LogP contribution is 2.32. The Bertz CT molecular complexity index is 1030. The maximum Gasteiger partial charge on any atom is 0.225 e. The molecule has 0 saturated carbocycles. The van der Waals surface area contributed by atoms with Crippen LogP contribution in [0.15, 0.2) is 30.6 Å². The summed E-state index contributed by atoms with van der Waals surface area (Å²) < 4.78 is 31.4. The molecule has 0 aliphatic carbocycles. The number of sulfonamides is 1. The van der Waals surface area contributed by atoms with Crippen LogP contribution in [0.4, 0.5) is 5.95 Å². The standard InChI is InChI=1S/C25H36N4O3S/c1-4-20-15-26-25(27-16-20)28-11-9-21(10-12-28)6-5-13-32-23-8-7-22-18-29(33(3,30)31)17-19(2)24(22)14-23/h7-8,14-16,19,21H,4-6,9-13,17-18H2,1-3H3. The van der Waals surface area contributed by atoms with E-state index >= 15 is 0 Å². The Hall–Kier alpha value is -2.19. The Morgan fingerprint density at radius 3 is 2.55 bits per heavy atom. The van der Waals surface area contributed by atoms with Crippen LogP contribution < -0.4 is 9.64 Å². The van der Waals surface area contributed by atoms with Crippen LogP contribution in [0.2, 0.25) is 0 Å². The zero-order chi connectivity index (χ0) is 23.4. The number of aryl methyl sites for hydroxylation is 1. The molecule has 0 radical (unpaired) electrons. The number of nitrogens with zero attached hydrogens (tertiary/aromatic N) is 4. The first kappa shape index (κ1) is 24.0. The van der Waals surface area contributed by atoms with Crippen molar-refractivity contribution in [2.24, 2.45) is 5.92 Å². The number of fused-ring (bicyclic) bond motifs is 1. The molecule has 8 heteroatoms. The summed E-state index contributed by atoms with van der Waals surface area (Å²) in [5.41, 5.74) is 3.46. The van der Waals surface area contributed by atoms with E-state index in [1.54, 1.807) is 4.31 Å². The smallest absolute Gasteiger partial charge is 0.225 e. The third-order valence-corrected chi connectivity index (χ3v) is 8.18. The van der Waals surface area contributed by atoms with Gasteiger partial charge in [-0.25, -0.2) is 18.4 Å². The van der Waals surface area contributed by atoms with Crippen molar-refractivity contribution in [2.45, 2.75) is 58.4 Å². The summed E-state index contributed by atoms with van der Waals surface area (Å²) in [6.07, 6.45) is 10.7. The summed E-state index contributed by atoms with van der Waals surface area (Å²) in [5, 5.41) is 0. The van der Waals surface area contributed by atoms with Crippen molar-refractivity contribution in [3.63, 3.8) is 0 Å². The average Bonchev–Trinajstić information content (AvgIpc) is 2.82. The summed E-state index contributed by atoms with van der Waals surface area (Å²) >= 11 is 0. The Kier molecular flexibility index (Phi) is 7.54. The van der Waals surface area contributed by atoms with Gasteiger partial charge < -0.3 is 9.64 Å². The maximum absolute atomic E-state index is 11.9. The number of rotatable bonds is 8. The average molecular weight is 473 g/mol. The van der Waals surface area contributed by atoms with Gasteiger partial charge in [0.2, 0.25) is 16.0 Å². The number of aromatic nitrogens is 2. The minimum absolute atomic E-state index is 0.166. The molecule has 1 aromatic heterocycles. The van der Waals surface area contributed by atoms with E-state index in [-0.39, 0.29) is 5.92 Å². The molecular formula is C25H36N4O3S. The molecule has 0 spiro atoms. The monoisotopic (exact) mass is 472 g/mol. The van der Waals surface area contributed by atoms with Gasteiger partial charge in [0.05, 0.1) is 12.9 Å². The van der Waals surface area contributed by atoms with Crippen molar-refractivity contribution in [3.8, 4) is 5.75 Å². The Morgan fingerprint density at radius 1 is 1.15 bits per heavy atom. The van der Waals surface area contributed by atoms with Gasteiger partial charge in [-0.2, -0.15) is 4.31 Å². The third-order valence-electron chi connectivity index (χ3n) is 6.96. The molecule has 2 aliphatic rings. The SMILES string of the molecule is CCc1cnc(N2CCC(CCCOc3ccc4c(c3)C(C)CN(S(C)(=O)=O)C4)CC2)nc1. The van der Waals surface area contributed by atoms with E-state index in [4.69, 9.17) is 4.74 Å². The van der Waals surface area contributed by atoms with Crippen molar-refractivity contribution in [1.82, 2.24) is 14.3 Å². The molecule has 1 aromatic carbocycles. The van der Waals surface area contributed by atoms with E-state index in [0.717, 1.165) is 49.1 Å². The molecule has 180 valence electrons. The van der Waals surface area contributed by atoms with Crippen LogP contribution in [0.25, 0.3) is 0 Å². The van der Waals surface area contributed by atoms with Crippen molar-refractivity contribution in [2.75, 3.05) is 37.4 Å². The predicted molar refractivity (Wildman–Crippen MR) is 131 cm³/mol. The normalized spacial score (nSPS) is 20.0. The molecule has 2 aliphatic heterocycles. The number of hydrogen-bond donors (Lipinski definition) is 0. The molecule has 0 bridgehead atoms. The number of benzene rings is 1. The molecular weight excluding hydrogens is 436 g/mol. The highest BCUT2D eigenvalue weighted by Gasteiger charge is 2.28. The van der Waals surface area contributed by atoms with Gasteiger partial charge >= 0.3 is 0 Å². The molecule has 0 amide bonds. The van der Waals surface area contributed by atoms with Gasteiger partial charge in [-0.1, -0.05) is 19.9 Å². The van der Waals surface area contributed by atoms with Crippen molar-refractivity contribution >= 4 is 16.0 Å². The van der Waals surface area contributed by atoms with Crippen molar-refractivity contribution < 1.29 is 13.2 Å². The third kappa shape index (κ3) is 6.03. The summed E-state index contributed by atoms with van der Waals surface area (Å²) in [6.45, 7) is 7.93. The van der Waals surface area contributed by atoms with E-state index in [2.05, 4.69) is 34.8 Å². The number of piperidine rings is 1. The lowest BCUT2D eigenvalue weighted by atomic mass is 9.92. The summed E-state index contributed by atoms with van der Waals surface area (Å²) in [4.78, 5) is 11.3. The second-order valence-corrected chi connectivity index (χ2v) is 11.5. The first-order valence-electron chi connectivity index (χ1n) is 12.1. The lowest BCUT2D eigenvalue weighted by molar-refractivity contribution is 0.278. The van der Waals surface area contributed by atoms with Gasteiger partial charge in [-0.3, -0.25) is 0 Å². The second kappa shape index (κ2) is 10.4. The van der Waals surface area contributed by atoms with Gasteiger partial charge in [0.1, 0.15) is 5.75 Å². The van der Waals surface area contributed by atoms with E-state index in [0.29, 0.717) is 19.7 Å². The fourth-order valence-electron chi connectivity index (χ4n) is 4.85. The predicted octanol–water partition coefficient (Wildman–Crippen LogP) is 3.99. The highest BCUT2D eigenvalue weighted by atomic mass is 32.2. The van der Waals surface area contributed by atoms with E-state index in [1.807, 2.05) is 24.5 Å². The Balaban J connectivity index is 1.20. The highest BCUT2D eigenvalue weighted by molar-refractivity contribution is 7.88. The van der Waals surface area contributed by atoms with Gasteiger partial charge in [0.15, 0.2) is 0 Å². The van der Waals surface area contributed by atoms with Crippen LogP contribution in [0, 0.1) is 5.92 Å². The minimum Gasteiger partial charge on any atom is -0.494 e. The quantitative estimate of drug-likeness (QED) is 0.541.